The number of hydrogen-bond donors (Lipinski definition) is 3. The molecule has 11 nitrogen and oxygen atoms in total. The van der Waals surface area contributed by atoms with Crippen LogP contribution in [0.3, 0.4) is 0 Å². The summed E-state index contributed by atoms with van der Waals surface area (Å²) in [6.07, 6.45) is -5.37. The first-order valence-electron chi connectivity index (χ1n) is 13.7. The van der Waals surface area contributed by atoms with Gasteiger partial charge in [0.1, 0.15) is 23.1 Å². The van der Waals surface area contributed by atoms with Gasteiger partial charge < -0.3 is 25.6 Å². The maximum absolute atomic E-state index is 15.0. The normalized spacial score (nSPS) is 13.1. The highest BCUT2D eigenvalue weighted by atomic mass is 19.4. The highest BCUT2D eigenvalue weighted by molar-refractivity contribution is 6.03. The number of benzene rings is 2. The number of rotatable bonds is 9. The molecule has 0 spiro atoms. The third kappa shape index (κ3) is 7.11. The summed E-state index contributed by atoms with van der Waals surface area (Å²) in [5.41, 5.74) is -0.863. The number of ether oxygens (including phenoxy) is 1. The fourth-order valence-corrected chi connectivity index (χ4v) is 4.51. The van der Waals surface area contributed by atoms with Gasteiger partial charge in [0.05, 0.1) is 17.8 Å². The van der Waals surface area contributed by atoms with Crippen LogP contribution in [-0.2, 0) is 11.3 Å². The number of urea groups is 1. The molecule has 0 saturated heterocycles. The van der Waals surface area contributed by atoms with Crippen molar-refractivity contribution in [2.24, 2.45) is 0 Å². The molecule has 0 aliphatic carbocycles. The fourth-order valence-electron chi connectivity index (χ4n) is 4.51. The molecule has 45 heavy (non-hydrogen) atoms. The molecule has 0 bridgehead atoms. The topological polar surface area (TPSA) is 129 Å². The van der Waals surface area contributed by atoms with Gasteiger partial charge in [-0.3, -0.25) is 4.79 Å². The molecule has 4 rings (SSSR count). The molecule has 2 heterocycles. The number of esters is 1. The zero-order chi connectivity index (χ0) is 33.2. The molecule has 0 unspecified atom stereocenters. The number of halogens is 5. The smallest absolute Gasteiger partial charge is 0.419 e. The number of aromatic nitrogens is 2. The van der Waals surface area contributed by atoms with Crippen LogP contribution < -0.4 is 25.6 Å². The summed E-state index contributed by atoms with van der Waals surface area (Å²) in [6, 6.07) is 4.30. The minimum absolute atomic E-state index is 0.0340. The number of para-hydroxylation sites is 1. The monoisotopic (exact) mass is 635 g/mol. The van der Waals surface area contributed by atoms with Crippen molar-refractivity contribution in [2.45, 2.75) is 39.5 Å². The van der Waals surface area contributed by atoms with Crippen LogP contribution in [0, 0.1) is 18.6 Å². The Morgan fingerprint density at radius 1 is 1.11 bits per heavy atom. The second-order valence-electron chi connectivity index (χ2n) is 10.6. The first-order chi connectivity index (χ1) is 21.1. The van der Waals surface area contributed by atoms with E-state index in [-0.39, 0.29) is 46.3 Å². The van der Waals surface area contributed by atoms with E-state index in [1.165, 1.54) is 19.1 Å². The van der Waals surface area contributed by atoms with Crippen molar-refractivity contribution in [2.75, 3.05) is 37.4 Å². The van der Waals surface area contributed by atoms with Gasteiger partial charge in [0.15, 0.2) is 5.82 Å². The van der Waals surface area contributed by atoms with Crippen molar-refractivity contribution < 1.29 is 41.1 Å². The molecule has 1 aliphatic rings. The van der Waals surface area contributed by atoms with Crippen LogP contribution in [0.25, 0.3) is 11.3 Å². The van der Waals surface area contributed by atoms with Crippen LogP contribution in [-0.4, -0.2) is 72.2 Å². The first-order valence-corrected chi connectivity index (χ1v) is 13.7. The zero-order valence-corrected chi connectivity index (χ0v) is 24.9. The molecule has 16 heteroatoms. The number of likely N-dealkylation sites (N-methyl/N-ethyl adjacent to an activating group) is 1. The molecule has 2 aromatic carbocycles. The van der Waals surface area contributed by atoms with Crippen molar-refractivity contribution in [1.29, 1.82) is 0 Å². The average molecular weight is 636 g/mol. The Morgan fingerprint density at radius 2 is 1.78 bits per heavy atom. The Labute approximate surface area is 254 Å². The first kappa shape index (κ1) is 33.0. The summed E-state index contributed by atoms with van der Waals surface area (Å²) in [6.45, 7) is 5.17. The quantitative estimate of drug-likeness (QED) is 0.176. The number of anilines is 3. The van der Waals surface area contributed by atoms with Gasteiger partial charge in [0.2, 0.25) is 5.95 Å². The van der Waals surface area contributed by atoms with E-state index >= 15 is 0 Å². The van der Waals surface area contributed by atoms with E-state index in [4.69, 9.17) is 4.74 Å². The summed E-state index contributed by atoms with van der Waals surface area (Å²) >= 11 is 0. The number of amides is 3. The number of carbonyl (C=O) groups excluding carboxylic acids is 3. The number of fused-ring (bicyclic) bond motifs is 1. The van der Waals surface area contributed by atoms with Crippen molar-refractivity contribution in [3.63, 3.8) is 0 Å². The van der Waals surface area contributed by atoms with Crippen molar-refractivity contribution in [3.05, 3.63) is 58.7 Å². The Kier molecular flexibility index (Phi) is 9.56. The Balaban J connectivity index is 1.98. The maximum atomic E-state index is 15.0. The Morgan fingerprint density at radius 3 is 2.38 bits per heavy atom. The van der Waals surface area contributed by atoms with Gasteiger partial charge in [-0.1, -0.05) is 12.1 Å². The second-order valence-corrected chi connectivity index (χ2v) is 10.6. The van der Waals surface area contributed by atoms with Crippen LogP contribution in [0.2, 0.25) is 0 Å². The number of carbonyl (C=O) groups is 3. The molecule has 3 N–H and O–H groups in total. The summed E-state index contributed by atoms with van der Waals surface area (Å²) in [5, 5.41) is 8.05. The largest absolute Gasteiger partial charge is 0.491 e. The van der Waals surface area contributed by atoms with E-state index in [2.05, 4.69) is 25.9 Å². The molecule has 0 fully saturated rings. The molecule has 0 radical (unpaired) electrons. The highest BCUT2D eigenvalue weighted by Crippen LogP contribution is 2.41. The lowest BCUT2D eigenvalue weighted by Gasteiger charge is -2.31. The molecule has 0 saturated carbocycles. The lowest BCUT2D eigenvalue weighted by molar-refractivity contribution is -0.189. The molecule has 3 aromatic rings. The number of hydrogen-bond acceptors (Lipinski definition) is 8. The van der Waals surface area contributed by atoms with Gasteiger partial charge >= 0.3 is 18.2 Å². The van der Waals surface area contributed by atoms with E-state index in [0.29, 0.717) is 18.0 Å². The third-order valence-corrected chi connectivity index (χ3v) is 6.57. The number of nitrogens with zero attached hydrogens (tertiary/aromatic N) is 4. The Hall–Kier alpha value is -4.86. The predicted octanol–water partition coefficient (Wildman–Crippen LogP) is 4.67. The van der Waals surface area contributed by atoms with Gasteiger partial charge in [0.25, 0.3) is 5.91 Å². The van der Waals surface area contributed by atoms with Gasteiger partial charge in [-0.2, -0.15) is 18.2 Å². The number of alkyl halides is 3. The zero-order valence-electron chi connectivity index (χ0n) is 24.9. The van der Waals surface area contributed by atoms with E-state index in [1.54, 1.807) is 13.8 Å². The van der Waals surface area contributed by atoms with E-state index in [0.717, 1.165) is 18.2 Å². The van der Waals surface area contributed by atoms with E-state index in [1.807, 2.05) is 19.0 Å². The highest BCUT2D eigenvalue weighted by Gasteiger charge is 2.42. The molecule has 1 aliphatic heterocycles. The van der Waals surface area contributed by atoms with Crippen molar-refractivity contribution in [3.8, 4) is 17.0 Å². The molecule has 3 amide bonds. The van der Waals surface area contributed by atoms with E-state index in [9.17, 15) is 36.3 Å². The molecular formula is C29H30F5N7O4. The van der Waals surface area contributed by atoms with Gasteiger partial charge in [-0.15, -0.1) is 0 Å². The minimum atomic E-state index is -5.37. The maximum Gasteiger partial charge on any atom is 0.491 e. The van der Waals surface area contributed by atoms with Crippen LogP contribution in [0.4, 0.5) is 44.2 Å². The van der Waals surface area contributed by atoms with E-state index < -0.39 is 53.2 Å². The lowest BCUT2D eigenvalue weighted by atomic mass is 9.96. The minimum Gasteiger partial charge on any atom is -0.419 e. The van der Waals surface area contributed by atoms with Gasteiger partial charge in [-0.05, 0) is 53.1 Å². The summed E-state index contributed by atoms with van der Waals surface area (Å²) < 4.78 is 74.5. The van der Waals surface area contributed by atoms with Crippen molar-refractivity contribution in [1.82, 2.24) is 25.5 Å². The second kappa shape index (κ2) is 13.0. The summed E-state index contributed by atoms with van der Waals surface area (Å²) in [7, 11) is 3.63. The number of nitrogens with one attached hydrogen (secondary N) is 3. The SMILES string of the molecule is Cc1c(-c2nc(NCCN(C)C)nc3c2CNC(=O)N3c2c(F)cccc2F)ccc(C(=O)NC(C)C)c1OC(=O)C(F)(F)F. The summed E-state index contributed by atoms with van der Waals surface area (Å²) in [4.78, 5) is 49.4. The van der Waals surface area contributed by atoms with Crippen LogP contribution in [0.1, 0.15) is 35.3 Å². The van der Waals surface area contributed by atoms with Crippen LogP contribution >= 0.6 is 0 Å². The lowest BCUT2D eigenvalue weighted by Crippen LogP contribution is -2.43. The third-order valence-electron chi connectivity index (χ3n) is 6.57. The van der Waals surface area contributed by atoms with Crippen LogP contribution in [0.5, 0.6) is 5.75 Å². The molecule has 0 atom stereocenters. The average Bonchev–Trinajstić information content (AvgIpc) is 2.93. The molecule has 1 aromatic heterocycles. The standard InChI is InChI=1S/C29H30F5N7O4/c1-14(2)37-25(42)17-10-9-16(15(3)23(17)45-26(43)29(32,33)34)21-18-13-36-28(44)41(22-19(30)7-6-8-20(22)31)24(18)39-27(38-21)35-11-12-40(4)5/h6-10,14H,11-13H2,1-5H3,(H,36,44)(H,37,42)(H,35,38,39). The summed E-state index contributed by atoms with van der Waals surface area (Å²) in [5.74, 6) is -6.40. The van der Waals surface area contributed by atoms with Crippen LogP contribution in [0.15, 0.2) is 30.3 Å². The Bertz CT molecular complexity index is 1630. The molecular weight excluding hydrogens is 605 g/mol. The van der Waals surface area contributed by atoms with Crippen molar-refractivity contribution >= 4 is 35.4 Å². The predicted molar refractivity (Wildman–Crippen MR) is 154 cm³/mol. The molecule has 240 valence electrons. The fraction of sp³-hybridized carbons (Fsp3) is 0.345. The van der Waals surface area contributed by atoms with Gasteiger partial charge in [-0.25, -0.2) is 28.3 Å². The van der Waals surface area contributed by atoms with Gasteiger partial charge in [0, 0.05) is 35.8 Å².